The van der Waals surface area contributed by atoms with Gasteiger partial charge in [-0.3, -0.25) is 9.59 Å². The second kappa shape index (κ2) is 11.1. The van der Waals surface area contributed by atoms with Crippen molar-refractivity contribution in [2.24, 2.45) is 0 Å². The number of ether oxygens (including phenoxy) is 1. The highest BCUT2D eigenvalue weighted by atomic mass is 16.6. The third-order valence-corrected chi connectivity index (χ3v) is 4.13. The minimum Gasteiger partial charge on any atom is -0.444 e. The second-order valence-electron chi connectivity index (χ2n) is 8.00. The quantitative estimate of drug-likeness (QED) is 0.480. The van der Waals surface area contributed by atoms with E-state index in [0.29, 0.717) is 0 Å². The maximum absolute atomic E-state index is 12.7. The predicted molar refractivity (Wildman–Crippen MR) is 116 cm³/mol. The minimum atomic E-state index is -1.77. The van der Waals surface area contributed by atoms with Gasteiger partial charge in [-0.1, -0.05) is 60.7 Å². The number of carbonyl (C=O) groups excluding carboxylic acids is 3. The molecule has 0 saturated carbocycles. The lowest BCUT2D eigenvalue weighted by Gasteiger charge is -2.24. The molecule has 0 heterocycles. The van der Waals surface area contributed by atoms with Crippen molar-refractivity contribution in [1.82, 2.24) is 16.0 Å². The van der Waals surface area contributed by atoms with E-state index in [2.05, 4.69) is 16.0 Å². The lowest BCUT2D eigenvalue weighted by atomic mass is 10.1. The van der Waals surface area contributed by atoms with E-state index in [1.54, 1.807) is 32.9 Å². The maximum atomic E-state index is 12.7. The summed E-state index contributed by atoms with van der Waals surface area (Å²) in [6.45, 7) is 5.33. The van der Waals surface area contributed by atoms with Crippen LogP contribution < -0.4 is 16.0 Å². The largest absolute Gasteiger partial charge is 0.444 e. The molecule has 0 bridgehead atoms. The molecule has 2 rings (SSSR count). The molecule has 166 valence electrons. The summed E-state index contributed by atoms with van der Waals surface area (Å²) >= 11 is 0. The van der Waals surface area contributed by atoms with Crippen LogP contribution in [0.1, 0.15) is 31.9 Å². The molecule has 2 aromatic carbocycles. The molecule has 1 unspecified atom stereocenters. The highest BCUT2D eigenvalue weighted by Gasteiger charge is 2.27. The van der Waals surface area contributed by atoms with Gasteiger partial charge in [0.1, 0.15) is 11.6 Å². The predicted octanol–water partition coefficient (Wildman–Crippen LogP) is 1.87. The van der Waals surface area contributed by atoms with Gasteiger partial charge in [-0.25, -0.2) is 4.79 Å². The first kappa shape index (κ1) is 23.9. The van der Waals surface area contributed by atoms with E-state index in [-0.39, 0.29) is 13.0 Å². The Hall–Kier alpha value is -3.39. The van der Waals surface area contributed by atoms with Crippen molar-refractivity contribution in [1.29, 1.82) is 0 Å². The van der Waals surface area contributed by atoms with Crippen molar-refractivity contribution >= 4 is 17.9 Å². The first-order chi connectivity index (χ1) is 14.6. The van der Waals surface area contributed by atoms with E-state index in [9.17, 15) is 19.5 Å². The molecular weight excluding hydrogens is 398 g/mol. The Morgan fingerprint density at radius 2 is 1.42 bits per heavy atom. The summed E-state index contributed by atoms with van der Waals surface area (Å²) in [5.74, 6) is -1.47. The molecule has 3 amide bonds. The topological polar surface area (TPSA) is 117 Å². The number of carbonyl (C=O) groups is 3. The Morgan fingerprint density at radius 1 is 0.871 bits per heavy atom. The van der Waals surface area contributed by atoms with Crippen LogP contribution in [0.2, 0.25) is 0 Å². The summed E-state index contributed by atoms with van der Waals surface area (Å²) in [5, 5.41) is 17.4. The summed E-state index contributed by atoms with van der Waals surface area (Å²) in [4.78, 5) is 37.1. The van der Waals surface area contributed by atoms with Crippen molar-refractivity contribution in [3.05, 3.63) is 71.8 Å². The van der Waals surface area contributed by atoms with Crippen LogP contribution >= 0.6 is 0 Å². The molecule has 0 spiro atoms. The zero-order valence-electron chi connectivity index (χ0n) is 17.9. The average Bonchev–Trinajstić information content (AvgIpc) is 2.71. The Balaban J connectivity index is 1.99. The van der Waals surface area contributed by atoms with Crippen molar-refractivity contribution in [2.45, 2.75) is 51.6 Å². The van der Waals surface area contributed by atoms with E-state index in [1.165, 1.54) is 0 Å². The third-order valence-electron chi connectivity index (χ3n) is 4.13. The van der Waals surface area contributed by atoms with Gasteiger partial charge in [0.25, 0.3) is 5.91 Å². The van der Waals surface area contributed by atoms with Crippen LogP contribution in [0.3, 0.4) is 0 Å². The molecule has 2 atom stereocenters. The van der Waals surface area contributed by atoms with Crippen LogP contribution in [0.4, 0.5) is 4.79 Å². The van der Waals surface area contributed by atoms with Gasteiger partial charge in [-0.15, -0.1) is 0 Å². The van der Waals surface area contributed by atoms with Gasteiger partial charge in [-0.2, -0.15) is 0 Å². The van der Waals surface area contributed by atoms with Crippen LogP contribution in [0.15, 0.2) is 60.7 Å². The van der Waals surface area contributed by atoms with E-state index in [0.717, 1.165) is 11.1 Å². The highest BCUT2D eigenvalue weighted by molar-refractivity contribution is 5.90. The molecular formula is C23H29N3O5. The Labute approximate surface area is 182 Å². The van der Waals surface area contributed by atoms with E-state index in [4.69, 9.17) is 4.74 Å². The lowest BCUT2D eigenvalue weighted by molar-refractivity contribution is -0.137. The summed E-state index contributed by atoms with van der Waals surface area (Å²) in [5.41, 5.74) is 0.902. The molecule has 8 nitrogen and oxygen atoms in total. The molecule has 0 aliphatic rings. The van der Waals surface area contributed by atoms with Gasteiger partial charge in [0.05, 0.1) is 0 Å². The first-order valence-corrected chi connectivity index (χ1v) is 9.97. The molecule has 0 aliphatic heterocycles. The van der Waals surface area contributed by atoms with Crippen LogP contribution in [0, 0.1) is 0 Å². The van der Waals surface area contributed by atoms with E-state index in [1.807, 2.05) is 48.5 Å². The number of hydrogen-bond acceptors (Lipinski definition) is 5. The number of alkyl carbamates (subject to hydrolysis) is 1. The third kappa shape index (κ3) is 8.88. The summed E-state index contributed by atoms with van der Waals surface area (Å²) in [7, 11) is 0. The fourth-order valence-electron chi connectivity index (χ4n) is 2.69. The molecule has 0 radical (unpaired) electrons. The van der Waals surface area contributed by atoms with Crippen molar-refractivity contribution in [3.63, 3.8) is 0 Å². The van der Waals surface area contributed by atoms with E-state index < -0.39 is 35.8 Å². The average molecular weight is 428 g/mol. The standard InChI is InChI=1S/C23H29N3O5/c1-23(2,3)31-22(30)25-18(14-16-10-6-4-7-11-16)19(27)26-21(29)20(28)24-15-17-12-8-5-9-13-17/h4-13,18,21,29H,14-15H2,1-3H3,(H,24,28)(H,25,30)(H,26,27)/t18-,21?/m0/s1. The highest BCUT2D eigenvalue weighted by Crippen LogP contribution is 2.09. The van der Waals surface area contributed by atoms with Gasteiger partial charge in [0.2, 0.25) is 12.1 Å². The summed E-state index contributed by atoms with van der Waals surface area (Å²) < 4.78 is 5.22. The Bertz CT molecular complexity index is 866. The van der Waals surface area contributed by atoms with Gasteiger partial charge >= 0.3 is 6.09 Å². The second-order valence-corrected chi connectivity index (χ2v) is 8.00. The summed E-state index contributed by atoms with van der Waals surface area (Å²) in [6.07, 6.45) is -2.38. The molecule has 0 fully saturated rings. The molecule has 8 heteroatoms. The van der Waals surface area contributed by atoms with E-state index >= 15 is 0 Å². The fourth-order valence-corrected chi connectivity index (χ4v) is 2.69. The lowest BCUT2D eigenvalue weighted by Crippen LogP contribution is -2.54. The van der Waals surface area contributed by atoms with Crippen molar-refractivity contribution in [2.75, 3.05) is 0 Å². The first-order valence-electron chi connectivity index (χ1n) is 9.97. The maximum Gasteiger partial charge on any atom is 0.408 e. The smallest absolute Gasteiger partial charge is 0.408 e. The normalized spacial score (nSPS) is 12.9. The molecule has 31 heavy (non-hydrogen) atoms. The molecule has 0 saturated heterocycles. The molecule has 2 aromatic rings. The van der Waals surface area contributed by atoms with Gasteiger partial charge in [0, 0.05) is 13.0 Å². The number of amides is 3. The van der Waals surface area contributed by atoms with Crippen molar-refractivity contribution < 1.29 is 24.2 Å². The van der Waals surface area contributed by atoms with Gasteiger partial charge < -0.3 is 25.8 Å². The van der Waals surface area contributed by atoms with Gasteiger partial charge in [0.15, 0.2) is 0 Å². The van der Waals surface area contributed by atoms with Crippen LogP contribution in [-0.4, -0.2) is 40.9 Å². The Kier molecular flexibility index (Phi) is 8.57. The van der Waals surface area contributed by atoms with Crippen LogP contribution in [-0.2, 0) is 27.3 Å². The number of benzene rings is 2. The van der Waals surface area contributed by atoms with Crippen LogP contribution in [0.5, 0.6) is 0 Å². The SMILES string of the molecule is CC(C)(C)OC(=O)N[C@@H](Cc1ccccc1)C(=O)NC(O)C(=O)NCc1ccccc1. The number of aliphatic hydroxyl groups is 1. The molecule has 0 aliphatic carbocycles. The fraction of sp³-hybridized carbons (Fsp3) is 0.348. The number of nitrogens with one attached hydrogen (secondary N) is 3. The molecule has 0 aromatic heterocycles. The zero-order valence-corrected chi connectivity index (χ0v) is 17.9. The zero-order chi connectivity index (χ0) is 22.9. The Morgan fingerprint density at radius 3 is 1.97 bits per heavy atom. The summed E-state index contributed by atoms with van der Waals surface area (Å²) in [6, 6.07) is 17.2. The number of aliphatic hydroxyl groups excluding tert-OH is 1. The van der Waals surface area contributed by atoms with Crippen LogP contribution in [0.25, 0.3) is 0 Å². The number of rotatable bonds is 8. The monoisotopic (exact) mass is 427 g/mol. The van der Waals surface area contributed by atoms with Crippen molar-refractivity contribution in [3.8, 4) is 0 Å². The number of hydrogen-bond donors (Lipinski definition) is 4. The minimum absolute atomic E-state index is 0.157. The molecule has 4 N–H and O–H groups in total. The van der Waals surface area contributed by atoms with Gasteiger partial charge in [-0.05, 0) is 31.9 Å².